The minimum Gasteiger partial charge on any atom is -0.346 e. The number of benzene rings is 1. The number of aromatic amines is 1. The molecule has 0 bridgehead atoms. The van der Waals surface area contributed by atoms with E-state index in [9.17, 15) is 8.78 Å². The number of hydrogen-bond acceptors (Lipinski definition) is 3. The minimum absolute atomic E-state index is 0.239. The lowest BCUT2D eigenvalue weighted by Crippen LogP contribution is -2.36. The Hall–Kier alpha value is -2.26. The van der Waals surface area contributed by atoms with Crippen LogP contribution in [0.2, 0.25) is 0 Å². The van der Waals surface area contributed by atoms with Crippen molar-refractivity contribution in [2.24, 2.45) is 5.84 Å². The van der Waals surface area contributed by atoms with Crippen LogP contribution in [0.1, 0.15) is 35.6 Å². The summed E-state index contributed by atoms with van der Waals surface area (Å²) in [7, 11) is 0. The molecule has 136 valence electrons. The van der Waals surface area contributed by atoms with Crippen molar-refractivity contribution >= 4 is 39.2 Å². The quantitative estimate of drug-likeness (QED) is 0.302. The van der Waals surface area contributed by atoms with Crippen LogP contribution >= 0.6 is 22.6 Å². The van der Waals surface area contributed by atoms with Crippen molar-refractivity contribution in [2.75, 3.05) is 0 Å². The van der Waals surface area contributed by atoms with E-state index >= 15 is 0 Å². The van der Waals surface area contributed by atoms with Crippen LogP contribution in [0.25, 0.3) is 16.6 Å². The normalized spacial score (nSPS) is 18.8. The molecule has 0 saturated carbocycles. The summed E-state index contributed by atoms with van der Waals surface area (Å²) in [6.07, 6.45) is 9.31. The predicted octanol–water partition coefficient (Wildman–Crippen LogP) is 4.79. The average Bonchev–Trinajstić information content (AvgIpc) is 3.07. The Bertz CT molecular complexity index is 1150. The monoisotopic (exact) mass is 476 g/mol. The summed E-state index contributed by atoms with van der Waals surface area (Å²) in [6.45, 7) is 0. The number of rotatable bonds is 1. The van der Waals surface area contributed by atoms with E-state index in [2.05, 4.69) is 22.1 Å². The molecule has 3 heterocycles. The van der Waals surface area contributed by atoms with E-state index in [0.29, 0.717) is 5.65 Å². The zero-order chi connectivity index (χ0) is 18.7. The van der Waals surface area contributed by atoms with Crippen LogP contribution in [0.3, 0.4) is 0 Å². The van der Waals surface area contributed by atoms with E-state index in [0.717, 1.165) is 52.8 Å². The zero-order valence-corrected chi connectivity index (χ0v) is 16.3. The van der Waals surface area contributed by atoms with Gasteiger partial charge in [0.2, 0.25) is 0 Å². The van der Waals surface area contributed by atoms with Crippen LogP contribution in [-0.2, 0) is 0 Å². The molecule has 0 spiro atoms. The van der Waals surface area contributed by atoms with Crippen LogP contribution in [-0.4, -0.2) is 15.0 Å². The lowest BCUT2D eigenvalue weighted by Gasteiger charge is -2.33. The molecule has 2 aliphatic rings. The number of nitrogens with zero attached hydrogens (tertiary/aromatic N) is 2. The molecule has 0 radical (unpaired) electrons. The molecule has 3 aromatic rings. The smallest absolute Gasteiger partial charge is 0.138 e. The van der Waals surface area contributed by atoms with Crippen molar-refractivity contribution in [1.82, 2.24) is 15.0 Å². The highest BCUT2D eigenvalue weighted by molar-refractivity contribution is 14.1. The van der Waals surface area contributed by atoms with E-state index in [-0.39, 0.29) is 9.13 Å². The molecule has 4 nitrogen and oxygen atoms in total. The summed E-state index contributed by atoms with van der Waals surface area (Å²) in [5.41, 5.74) is 4.68. The van der Waals surface area contributed by atoms with Crippen LogP contribution in [0.5, 0.6) is 0 Å². The van der Waals surface area contributed by atoms with Crippen molar-refractivity contribution in [1.29, 1.82) is 0 Å². The molecule has 1 aliphatic carbocycles. The topological polar surface area (TPSA) is 57.9 Å². The summed E-state index contributed by atoms with van der Waals surface area (Å²) < 4.78 is 29.5. The molecule has 0 amide bonds. The maximum Gasteiger partial charge on any atom is 0.138 e. The zero-order valence-electron chi connectivity index (χ0n) is 14.1. The number of fused-ring (bicyclic) bond motifs is 1. The van der Waals surface area contributed by atoms with Gasteiger partial charge in [-0.05, 0) is 59.2 Å². The summed E-state index contributed by atoms with van der Waals surface area (Å²) in [5.74, 6) is 5.65. The molecular weight excluding hydrogens is 461 g/mol. The van der Waals surface area contributed by atoms with Gasteiger partial charge >= 0.3 is 0 Å². The second kappa shape index (κ2) is 6.13. The lowest BCUT2D eigenvalue weighted by molar-refractivity contribution is 0.284. The van der Waals surface area contributed by atoms with Crippen LogP contribution in [0, 0.1) is 15.2 Å². The molecule has 27 heavy (non-hydrogen) atoms. The standard InChI is InChI=1S/C20H15F2IN4/c21-13-5-6-14(22)18(23)17(13)19-12-9-26-20-16(12)11(7-8-25-20)10-3-1-2-4-15(10)27(19)24/h1,3,5-9,19H,2,4,24H2,(H,25,26). The molecule has 1 atom stereocenters. The Balaban J connectivity index is 1.90. The molecule has 1 unspecified atom stereocenters. The molecule has 1 aliphatic heterocycles. The number of pyridine rings is 1. The summed E-state index contributed by atoms with van der Waals surface area (Å²) in [4.78, 5) is 7.57. The van der Waals surface area contributed by atoms with E-state index in [1.807, 2.05) is 28.7 Å². The number of nitrogens with two attached hydrogens (primary N) is 1. The third-order valence-electron chi connectivity index (χ3n) is 5.27. The Labute approximate surface area is 167 Å². The predicted molar refractivity (Wildman–Crippen MR) is 108 cm³/mol. The fraction of sp³-hybridized carbons (Fsp3) is 0.150. The van der Waals surface area contributed by atoms with E-state index < -0.39 is 17.7 Å². The fourth-order valence-electron chi connectivity index (χ4n) is 4.08. The first-order valence-corrected chi connectivity index (χ1v) is 9.69. The molecule has 0 fully saturated rings. The van der Waals surface area contributed by atoms with Crippen molar-refractivity contribution in [2.45, 2.75) is 18.9 Å². The van der Waals surface area contributed by atoms with Gasteiger partial charge in [-0.15, -0.1) is 0 Å². The Morgan fingerprint density at radius 1 is 1.22 bits per heavy atom. The van der Waals surface area contributed by atoms with Gasteiger partial charge in [-0.25, -0.2) is 19.6 Å². The highest BCUT2D eigenvalue weighted by Gasteiger charge is 2.35. The number of nitrogens with one attached hydrogen (secondary N) is 1. The van der Waals surface area contributed by atoms with Gasteiger partial charge in [0.05, 0.1) is 3.57 Å². The van der Waals surface area contributed by atoms with Crippen LogP contribution in [0.4, 0.5) is 8.78 Å². The second-order valence-electron chi connectivity index (χ2n) is 6.69. The number of allylic oxidation sites excluding steroid dienone is 4. The highest BCUT2D eigenvalue weighted by Crippen LogP contribution is 2.45. The average molecular weight is 476 g/mol. The van der Waals surface area contributed by atoms with Gasteiger partial charge in [0.25, 0.3) is 0 Å². The molecule has 7 heteroatoms. The van der Waals surface area contributed by atoms with Crippen molar-refractivity contribution in [3.63, 3.8) is 0 Å². The van der Waals surface area contributed by atoms with Gasteiger partial charge in [-0.2, -0.15) is 0 Å². The lowest BCUT2D eigenvalue weighted by atomic mass is 9.95. The molecule has 0 saturated heterocycles. The highest BCUT2D eigenvalue weighted by atomic mass is 127. The maximum absolute atomic E-state index is 14.9. The van der Waals surface area contributed by atoms with Crippen molar-refractivity contribution in [3.8, 4) is 0 Å². The largest absolute Gasteiger partial charge is 0.346 e. The number of aromatic nitrogens is 2. The Morgan fingerprint density at radius 2 is 2.04 bits per heavy atom. The van der Waals surface area contributed by atoms with Gasteiger partial charge in [0.1, 0.15) is 23.3 Å². The molecule has 3 N–H and O–H groups in total. The first-order valence-electron chi connectivity index (χ1n) is 8.61. The maximum atomic E-state index is 14.9. The Kier molecular flexibility index (Phi) is 3.83. The molecule has 5 rings (SSSR count). The van der Waals surface area contributed by atoms with E-state index in [1.54, 1.807) is 17.4 Å². The number of halogens is 3. The van der Waals surface area contributed by atoms with Gasteiger partial charge in [-0.1, -0.05) is 12.2 Å². The van der Waals surface area contributed by atoms with Gasteiger partial charge in [0.15, 0.2) is 0 Å². The first-order chi connectivity index (χ1) is 13.1. The van der Waals surface area contributed by atoms with Crippen molar-refractivity contribution < 1.29 is 8.78 Å². The fourth-order valence-corrected chi connectivity index (χ4v) is 4.81. The van der Waals surface area contributed by atoms with Crippen molar-refractivity contribution in [3.05, 3.63) is 80.3 Å². The summed E-state index contributed by atoms with van der Waals surface area (Å²) in [5, 5.41) is 2.50. The minimum atomic E-state index is -0.650. The molecular formula is C20H15F2IN4. The SMILES string of the molecule is NN1C2=C(C=CCC2)c2ccnc3[nH]cc(c23)C1c1c(F)ccc(F)c1I. The van der Waals surface area contributed by atoms with E-state index in [1.165, 1.54) is 0 Å². The molecule has 1 aromatic carbocycles. The Morgan fingerprint density at radius 3 is 2.89 bits per heavy atom. The van der Waals surface area contributed by atoms with E-state index in [4.69, 9.17) is 5.84 Å². The number of hydrazine groups is 1. The summed E-state index contributed by atoms with van der Waals surface area (Å²) >= 11 is 1.86. The van der Waals surface area contributed by atoms with Crippen LogP contribution in [0.15, 0.2) is 48.4 Å². The molecule has 2 aromatic heterocycles. The second-order valence-corrected chi connectivity index (χ2v) is 7.77. The van der Waals surface area contributed by atoms with Gasteiger partial charge in [0, 0.05) is 40.2 Å². The third-order valence-corrected chi connectivity index (χ3v) is 6.37. The third kappa shape index (κ3) is 2.37. The summed E-state index contributed by atoms with van der Waals surface area (Å²) in [6, 6.07) is 3.61. The first kappa shape index (κ1) is 16.9. The van der Waals surface area contributed by atoms with Crippen LogP contribution < -0.4 is 5.84 Å². The number of H-pyrrole nitrogens is 1. The van der Waals surface area contributed by atoms with Gasteiger partial charge in [-0.3, -0.25) is 0 Å². The number of hydrogen-bond donors (Lipinski definition) is 2. The van der Waals surface area contributed by atoms with Gasteiger partial charge < -0.3 is 9.99 Å².